The molecule has 0 unspecified atom stereocenters. The number of rotatable bonds is 8. The summed E-state index contributed by atoms with van der Waals surface area (Å²) in [5, 5.41) is 3.29. The van der Waals surface area contributed by atoms with Gasteiger partial charge in [0.05, 0.1) is 31.5 Å². The highest BCUT2D eigenvalue weighted by atomic mass is 35.5. The number of ether oxygens (including phenoxy) is 2. The first-order valence-electron chi connectivity index (χ1n) is 7.73. The van der Waals surface area contributed by atoms with Crippen LogP contribution in [-0.4, -0.2) is 44.2 Å². The Morgan fingerprint density at radius 1 is 1.17 bits per heavy atom. The minimum Gasteiger partial charge on any atom is -0.495 e. The third kappa shape index (κ3) is 5.92. The highest BCUT2D eigenvalue weighted by molar-refractivity contribution is 6.32. The lowest BCUT2D eigenvalue weighted by molar-refractivity contribution is -0.117. The van der Waals surface area contributed by atoms with Crippen molar-refractivity contribution in [1.82, 2.24) is 4.90 Å². The SMILES string of the molecule is COc1cc(OC)c(NC(=O)CN(CC(C)C)C(C)C)cc1Cl. The zero-order valence-electron chi connectivity index (χ0n) is 14.8. The van der Waals surface area contributed by atoms with E-state index in [2.05, 4.69) is 37.9 Å². The number of methoxy groups -OCH3 is 2. The van der Waals surface area contributed by atoms with Crippen molar-refractivity contribution in [3.8, 4) is 11.5 Å². The van der Waals surface area contributed by atoms with E-state index in [1.54, 1.807) is 12.1 Å². The van der Waals surface area contributed by atoms with Crippen molar-refractivity contribution in [3.05, 3.63) is 17.2 Å². The highest BCUT2D eigenvalue weighted by Crippen LogP contribution is 2.35. The third-order valence-electron chi connectivity index (χ3n) is 3.42. The number of anilines is 1. The van der Waals surface area contributed by atoms with Crippen molar-refractivity contribution in [3.63, 3.8) is 0 Å². The van der Waals surface area contributed by atoms with E-state index in [1.165, 1.54) is 14.2 Å². The number of halogens is 1. The van der Waals surface area contributed by atoms with Gasteiger partial charge < -0.3 is 14.8 Å². The molecular weight excluding hydrogens is 316 g/mol. The number of nitrogens with zero attached hydrogens (tertiary/aromatic N) is 1. The van der Waals surface area contributed by atoms with Crippen LogP contribution in [0.25, 0.3) is 0 Å². The average Bonchev–Trinajstić information content (AvgIpc) is 2.46. The highest BCUT2D eigenvalue weighted by Gasteiger charge is 2.17. The molecule has 5 nitrogen and oxygen atoms in total. The fourth-order valence-electron chi connectivity index (χ4n) is 2.26. The van der Waals surface area contributed by atoms with E-state index in [9.17, 15) is 4.79 Å². The second-order valence-electron chi connectivity index (χ2n) is 6.15. The first kappa shape index (κ1) is 19.6. The Balaban J connectivity index is 2.85. The van der Waals surface area contributed by atoms with E-state index < -0.39 is 0 Å². The summed E-state index contributed by atoms with van der Waals surface area (Å²) >= 11 is 6.12. The van der Waals surface area contributed by atoms with E-state index in [0.717, 1.165) is 6.54 Å². The van der Waals surface area contributed by atoms with Gasteiger partial charge in [-0.05, 0) is 25.8 Å². The molecule has 0 fully saturated rings. The van der Waals surface area contributed by atoms with Gasteiger partial charge in [0.15, 0.2) is 0 Å². The second-order valence-corrected chi connectivity index (χ2v) is 6.56. The first-order chi connectivity index (χ1) is 10.8. The number of carbonyl (C=O) groups is 1. The topological polar surface area (TPSA) is 50.8 Å². The molecule has 1 aromatic rings. The number of amides is 1. The summed E-state index contributed by atoms with van der Waals surface area (Å²) in [4.78, 5) is 14.5. The number of nitrogens with one attached hydrogen (secondary N) is 1. The average molecular weight is 343 g/mol. The van der Waals surface area contributed by atoms with Crippen molar-refractivity contribution in [2.45, 2.75) is 33.7 Å². The second kappa shape index (κ2) is 8.99. The molecule has 0 spiro atoms. The van der Waals surface area contributed by atoms with E-state index in [1.807, 2.05) is 0 Å². The summed E-state index contributed by atoms with van der Waals surface area (Å²) in [7, 11) is 3.07. The van der Waals surface area contributed by atoms with Crippen LogP contribution in [0.3, 0.4) is 0 Å². The van der Waals surface area contributed by atoms with Gasteiger partial charge in [-0.3, -0.25) is 9.69 Å². The molecule has 0 saturated carbocycles. The fourth-order valence-corrected chi connectivity index (χ4v) is 2.50. The van der Waals surface area contributed by atoms with Crippen LogP contribution in [-0.2, 0) is 4.79 Å². The van der Waals surface area contributed by atoms with Gasteiger partial charge in [0.25, 0.3) is 0 Å². The van der Waals surface area contributed by atoms with Crippen LogP contribution >= 0.6 is 11.6 Å². The minimum absolute atomic E-state index is 0.0983. The molecule has 1 aromatic carbocycles. The Hall–Kier alpha value is -1.46. The van der Waals surface area contributed by atoms with E-state index >= 15 is 0 Å². The molecule has 0 aliphatic carbocycles. The van der Waals surface area contributed by atoms with Crippen molar-refractivity contribution in [2.75, 3.05) is 32.6 Å². The van der Waals surface area contributed by atoms with Gasteiger partial charge in [0.1, 0.15) is 11.5 Å². The van der Waals surface area contributed by atoms with E-state index in [-0.39, 0.29) is 5.91 Å². The molecule has 0 bridgehead atoms. The Labute approximate surface area is 143 Å². The van der Waals surface area contributed by atoms with Crippen molar-refractivity contribution < 1.29 is 14.3 Å². The summed E-state index contributed by atoms with van der Waals surface area (Å²) in [5.41, 5.74) is 0.538. The van der Waals surface area contributed by atoms with Crippen LogP contribution in [0.1, 0.15) is 27.7 Å². The Morgan fingerprint density at radius 2 is 1.78 bits per heavy atom. The molecule has 1 rings (SSSR count). The van der Waals surface area contributed by atoms with Crippen LogP contribution < -0.4 is 14.8 Å². The summed E-state index contributed by atoms with van der Waals surface area (Å²) in [5.74, 6) is 1.42. The molecule has 0 heterocycles. The van der Waals surface area contributed by atoms with Gasteiger partial charge in [-0.1, -0.05) is 25.4 Å². The van der Waals surface area contributed by atoms with E-state index in [0.29, 0.717) is 40.7 Å². The number of benzene rings is 1. The Bertz CT molecular complexity index is 533. The summed E-state index contributed by atoms with van der Waals surface area (Å²) in [6.45, 7) is 9.63. The predicted molar refractivity (Wildman–Crippen MR) is 94.7 cm³/mol. The standard InChI is InChI=1S/C17H27ClN2O3/c1-11(2)9-20(12(3)4)10-17(21)19-14-7-13(18)15(22-5)8-16(14)23-6/h7-8,11-12H,9-10H2,1-6H3,(H,19,21). The molecule has 0 atom stereocenters. The molecule has 0 aliphatic rings. The van der Waals surface area contributed by atoms with Gasteiger partial charge in [0, 0.05) is 18.7 Å². The Morgan fingerprint density at radius 3 is 2.26 bits per heavy atom. The van der Waals surface area contributed by atoms with Crippen LogP contribution in [0.2, 0.25) is 5.02 Å². The molecule has 0 aliphatic heterocycles. The Kier molecular flexibility index (Phi) is 7.65. The smallest absolute Gasteiger partial charge is 0.238 e. The normalized spacial score (nSPS) is 11.2. The first-order valence-corrected chi connectivity index (χ1v) is 8.11. The van der Waals surface area contributed by atoms with Crippen LogP contribution in [0.5, 0.6) is 11.5 Å². The molecular formula is C17H27ClN2O3. The van der Waals surface area contributed by atoms with Gasteiger partial charge in [0.2, 0.25) is 5.91 Å². The maximum absolute atomic E-state index is 12.4. The maximum atomic E-state index is 12.4. The largest absolute Gasteiger partial charge is 0.495 e. The molecule has 130 valence electrons. The molecule has 1 N–H and O–H groups in total. The van der Waals surface area contributed by atoms with Crippen molar-refractivity contribution in [2.24, 2.45) is 5.92 Å². The quantitative estimate of drug-likeness (QED) is 0.783. The lowest BCUT2D eigenvalue weighted by Gasteiger charge is -2.27. The zero-order valence-corrected chi connectivity index (χ0v) is 15.5. The number of hydrogen-bond acceptors (Lipinski definition) is 4. The van der Waals surface area contributed by atoms with Gasteiger partial charge >= 0.3 is 0 Å². The number of carbonyl (C=O) groups excluding carboxylic acids is 1. The minimum atomic E-state index is -0.0983. The monoisotopic (exact) mass is 342 g/mol. The lowest BCUT2D eigenvalue weighted by atomic mass is 10.2. The number of hydrogen-bond donors (Lipinski definition) is 1. The molecule has 6 heteroatoms. The lowest BCUT2D eigenvalue weighted by Crippen LogP contribution is -2.40. The predicted octanol–water partition coefficient (Wildman–Crippen LogP) is 3.66. The zero-order chi connectivity index (χ0) is 17.6. The molecule has 1 amide bonds. The summed E-state index contributed by atoms with van der Waals surface area (Å²) in [6, 6.07) is 3.59. The third-order valence-corrected chi connectivity index (χ3v) is 3.72. The van der Waals surface area contributed by atoms with Gasteiger partial charge in [-0.25, -0.2) is 0 Å². The molecule has 0 aromatic heterocycles. The van der Waals surface area contributed by atoms with Crippen LogP contribution in [0.4, 0.5) is 5.69 Å². The van der Waals surface area contributed by atoms with E-state index in [4.69, 9.17) is 21.1 Å². The van der Waals surface area contributed by atoms with Crippen molar-refractivity contribution in [1.29, 1.82) is 0 Å². The van der Waals surface area contributed by atoms with Crippen molar-refractivity contribution >= 4 is 23.2 Å². The van der Waals surface area contributed by atoms with Gasteiger partial charge in [-0.2, -0.15) is 0 Å². The maximum Gasteiger partial charge on any atom is 0.238 e. The molecule has 0 saturated heterocycles. The van der Waals surface area contributed by atoms with Gasteiger partial charge in [-0.15, -0.1) is 0 Å². The van der Waals surface area contributed by atoms with Crippen LogP contribution in [0.15, 0.2) is 12.1 Å². The summed E-state index contributed by atoms with van der Waals surface area (Å²) in [6.07, 6.45) is 0. The fraction of sp³-hybridized carbons (Fsp3) is 0.588. The summed E-state index contributed by atoms with van der Waals surface area (Å²) < 4.78 is 10.4. The van der Waals surface area contributed by atoms with Crippen LogP contribution in [0, 0.1) is 5.92 Å². The molecule has 23 heavy (non-hydrogen) atoms. The molecule has 0 radical (unpaired) electrons.